The average Bonchev–Trinajstić information content (AvgIpc) is 2.49. The number of para-hydroxylation sites is 1. The third kappa shape index (κ3) is 4.95. The van der Waals surface area contributed by atoms with Crippen LogP contribution in [0.3, 0.4) is 0 Å². The van der Waals surface area contributed by atoms with Crippen LogP contribution in [0.5, 0.6) is 5.75 Å². The van der Waals surface area contributed by atoms with Gasteiger partial charge in [0.25, 0.3) is 5.91 Å². The van der Waals surface area contributed by atoms with Crippen LogP contribution in [0.1, 0.15) is 5.56 Å². The van der Waals surface area contributed by atoms with Crippen molar-refractivity contribution in [3.05, 3.63) is 78.1 Å². The van der Waals surface area contributed by atoms with Gasteiger partial charge < -0.3 is 4.74 Å². The van der Waals surface area contributed by atoms with Crippen molar-refractivity contribution >= 4 is 12.3 Å². The molecule has 2 aromatic rings. The van der Waals surface area contributed by atoms with E-state index in [1.54, 1.807) is 12.1 Å². The Morgan fingerprint density at radius 2 is 1.62 bits per heavy atom. The van der Waals surface area contributed by atoms with Crippen molar-refractivity contribution in [3.8, 4) is 5.75 Å². The molecule has 0 atom stereocenters. The van der Waals surface area contributed by atoms with Gasteiger partial charge in [0.2, 0.25) is 6.41 Å². The van der Waals surface area contributed by atoms with Crippen molar-refractivity contribution in [2.45, 2.75) is 6.42 Å². The Morgan fingerprint density at radius 3 is 2.24 bits per heavy atom. The number of carbonyl (C=O) groups excluding carboxylic acids is 2. The van der Waals surface area contributed by atoms with Gasteiger partial charge in [0, 0.05) is 12.5 Å². The minimum absolute atomic E-state index is 0.349. The van der Waals surface area contributed by atoms with Crippen molar-refractivity contribution < 1.29 is 14.3 Å². The van der Waals surface area contributed by atoms with Gasteiger partial charge in [0.1, 0.15) is 11.5 Å². The van der Waals surface area contributed by atoms with E-state index in [4.69, 9.17) is 4.74 Å². The summed E-state index contributed by atoms with van der Waals surface area (Å²) in [5.74, 6) is 0.595. The summed E-state index contributed by atoms with van der Waals surface area (Å²) >= 11 is 0. The van der Waals surface area contributed by atoms with Gasteiger partial charge >= 0.3 is 0 Å². The third-order valence-corrected chi connectivity index (χ3v) is 2.71. The molecule has 0 saturated carbocycles. The fourth-order valence-corrected chi connectivity index (χ4v) is 1.80. The van der Waals surface area contributed by atoms with Gasteiger partial charge in [-0.15, -0.1) is 0 Å². The van der Waals surface area contributed by atoms with Crippen LogP contribution in [0.4, 0.5) is 0 Å². The first kappa shape index (κ1) is 14.5. The van der Waals surface area contributed by atoms with E-state index in [2.05, 4.69) is 5.32 Å². The maximum Gasteiger partial charge on any atom is 0.253 e. The average molecular weight is 281 g/mol. The Hall–Kier alpha value is -2.88. The minimum Gasteiger partial charge on any atom is -0.461 e. The van der Waals surface area contributed by atoms with Crippen LogP contribution in [0, 0.1) is 0 Å². The molecule has 21 heavy (non-hydrogen) atoms. The second kappa shape index (κ2) is 7.65. The van der Waals surface area contributed by atoms with Crippen LogP contribution in [-0.2, 0) is 16.0 Å². The molecule has 0 radical (unpaired) electrons. The number of carbonyl (C=O) groups is 2. The zero-order valence-corrected chi connectivity index (χ0v) is 11.4. The number of amides is 2. The quantitative estimate of drug-likeness (QED) is 0.503. The first-order valence-corrected chi connectivity index (χ1v) is 6.49. The predicted octanol–water partition coefficient (Wildman–Crippen LogP) is 2.46. The molecule has 0 aliphatic heterocycles. The summed E-state index contributed by atoms with van der Waals surface area (Å²) in [6, 6.07) is 18.8. The monoisotopic (exact) mass is 281 g/mol. The zero-order chi connectivity index (χ0) is 14.9. The van der Waals surface area contributed by atoms with E-state index in [0.717, 1.165) is 5.56 Å². The van der Waals surface area contributed by atoms with Gasteiger partial charge in [-0.1, -0.05) is 48.5 Å². The maximum absolute atomic E-state index is 11.5. The summed E-state index contributed by atoms with van der Waals surface area (Å²) in [5, 5.41) is 2.07. The predicted molar refractivity (Wildman–Crippen MR) is 79.5 cm³/mol. The molecule has 2 amide bonds. The molecule has 0 fully saturated rings. The van der Waals surface area contributed by atoms with Gasteiger partial charge in [0.15, 0.2) is 0 Å². The van der Waals surface area contributed by atoms with Gasteiger partial charge in [-0.2, -0.15) is 0 Å². The van der Waals surface area contributed by atoms with E-state index in [1.807, 2.05) is 48.5 Å². The Kier molecular flexibility index (Phi) is 5.29. The second-order valence-electron chi connectivity index (χ2n) is 4.31. The Balaban J connectivity index is 2.17. The summed E-state index contributed by atoms with van der Waals surface area (Å²) in [7, 11) is 0. The highest BCUT2D eigenvalue weighted by Crippen LogP contribution is 2.16. The third-order valence-electron chi connectivity index (χ3n) is 2.71. The maximum atomic E-state index is 11.5. The van der Waals surface area contributed by atoms with Crippen LogP contribution in [0.2, 0.25) is 0 Å². The highest BCUT2D eigenvalue weighted by molar-refractivity contribution is 5.94. The smallest absolute Gasteiger partial charge is 0.253 e. The molecular weight excluding hydrogens is 266 g/mol. The molecular formula is C17H15NO3. The summed E-state index contributed by atoms with van der Waals surface area (Å²) in [6.45, 7) is 0. The second-order valence-corrected chi connectivity index (χ2v) is 4.31. The normalized spacial score (nSPS) is 10.8. The Labute approximate surface area is 123 Å². The number of ether oxygens (including phenoxy) is 1. The topological polar surface area (TPSA) is 55.4 Å². The van der Waals surface area contributed by atoms with Crippen molar-refractivity contribution in [3.63, 3.8) is 0 Å². The van der Waals surface area contributed by atoms with Crippen LogP contribution in [0.25, 0.3) is 0 Å². The van der Waals surface area contributed by atoms with E-state index in [9.17, 15) is 9.59 Å². The summed E-state index contributed by atoms with van der Waals surface area (Å²) in [5.41, 5.74) is 1.01. The first-order chi connectivity index (χ1) is 10.3. The van der Waals surface area contributed by atoms with E-state index in [0.29, 0.717) is 24.3 Å². The number of imide groups is 1. The van der Waals surface area contributed by atoms with Crippen LogP contribution >= 0.6 is 0 Å². The van der Waals surface area contributed by atoms with Crippen LogP contribution in [-0.4, -0.2) is 12.3 Å². The number of benzene rings is 2. The molecule has 4 heteroatoms. The number of allylic oxidation sites excluding steroid dienone is 1. The number of rotatable bonds is 6. The van der Waals surface area contributed by atoms with E-state index in [1.165, 1.54) is 6.08 Å². The van der Waals surface area contributed by atoms with E-state index < -0.39 is 5.91 Å². The molecule has 1 N–H and O–H groups in total. The standard InChI is InChI=1S/C17H15NO3/c19-13-18-17(20)12-16(11-14-7-3-1-4-8-14)21-15-9-5-2-6-10-15/h1-10,12-13H,11H2,(H,18,19,20)/b16-12-. The van der Waals surface area contributed by atoms with Crippen LogP contribution < -0.4 is 10.1 Å². The molecule has 0 aromatic heterocycles. The molecule has 2 aromatic carbocycles. The molecule has 0 aliphatic carbocycles. The lowest BCUT2D eigenvalue weighted by Gasteiger charge is -2.10. The summed E-state index contributed by atoms with van der Waals surface area (Å²) < 4.78 is 5.72. The number of hydrogen-bond acceptors (Lipinski definition) is 3. The molecule has 0 saturated heterocycles. The fraction of sp³-hybridized carbons (Fsp3) is 0.0588. The number of hydrogen-bond donors (Lipinski definition) is 1. The SMILES string of the molecule is O=CNC(=O)/C=C(/Cc1ccccc1)Oc1ccccc1. The number of nitrogens with one attached hydrogen (secondary N) is 1. The fourth-order valence-electron chi connectivity index (χ4n) is 1.80. The highest BCUT2D eigenvalue weighted by atomic mass is 16.5. The molecule has 0 heterocycles. The first-order valence-electron chi connectivity index (χ1n) is 6.49. The van der Waals surface area contributed by atoms with Crippen molar-refractivity contribution in [2.24, 2.45) is 0 Å². The lowest BCUT2D eigenvalue weighted by molar-refractivity contribution is -0.121. The zero-order valence-electron chi connectivity index (χ0n) is 11.4. The van der Waals surface area contributed by atoms with E-state index in [-0.39, 0.29) is 0 Å². The lowest BCUT2D eigenvalue weighted by Crippen LogP contribution is -2.20. The molecule has 106 valence electrons. The van der Waals surface area contributed by atoms with Crippen LogP contribution in [0.15, 0.2) is 72.5 Å². The van der Waals surface area contributed by atoms with Crippen molar-refractivity contribution in [1.82, 2.24) is 5.32 Å². The largest absolute Gasteiger partial charge is 0.461 e. The molecule has 2 rings (SSSR count). The van der Waals surface area contributed by atoms with Crippen molar-refractivity contribution in [1.29, 1.82) is 0 Å². The Morgan fingerprint density at radius 1 is 1.00 bits per heavy atom. The van der Waals surface area contributed by atoms with Gasteiger partial charge in [0.05, 0.1) is 0 Å². The van der Waals surface area contributed by atoms with Crippen molar-refractivity contribution in [2.75, 3.05) is 0 Å². The molecule has 0 spiro atoms. The van der Waals surface area contributed by atoms with Gasteiger partial charge in [-0.25, -0.2) is 0 Å². The summed E-state index contributed by atoms with van der Waals surface area (Å²) in [6.07, 6.45) is 2.10. The molecule has 4 nitrogen and oxygen atoms in total. The molecule has 0 unspecified atom stereocenters. The molecule has 0 aliphatic rings. The molecule has 0 bridgehead atoms. The van der Waals surface area contributed by atoms with E-state index >= 15 is 0 Å². The van der Waals surface area contributed by atoms with Gasteiger partial charge in [-0.3, -0.25) is 14.9 Å². The lowest BCUT2D eigenvalue weighted by atomic mass is 10.1. The Bertz CT molecular complexity index is 577. The summed E-state index contributed by atoms with van der Waals surface area (Å²) in [4.78, 5) is 21.8. The van der Waals surface area contributed by atoms with Gasteiger partial charge in [-0.05, 0) is 17.7 Å². The highest BCUT2D eigenvalue weighted by Gasteiger charge is 2.06. The minimum atomic E-state index is -0.508.